The van der Waals surface area contributed by atoms with Crippen LogP contribution in [0.4, 0.5) is 10.5 Å². The second kappa shape index (κ2) is 9.17. The average Bonchev–Trinajstić information content (AvgIpc) is 3.17. The van der Waals surface area contributed by atoms with Gasteiger partial charge in [-0.1, -0.05) is 48.5 Å². The maximum absolute atomic E-state index is 12.9. The van der Waals surface area contributed by atoms with Crippen LogP contribution >= 0.6 is 22.6 Å². The Morgan fingerprint density at radius 2 is 1.61 bits per heavy atom. The molecule has 0 spiro atoms. The van der Waals surface area contributed by atoms with Crippen LogP contribution in [0.1, 0.15) is 33.0 Å². The van der Waals surface area contributed by atoms with Gasteiger partial charge in [-0.25, -0.2) is 4.79 Å². The first-order valence-corrected chi connectivity index (χ1v) is 12.2. The Morgan fingerprint density at radius 3 is 2.21 bits per heavy atom. The van der Waals surface area contributed by atoms with Crippen LogP contribution < -0.4 is 4.90 Å². The standard InChI is InChI=1S/C27H25IN2O3/c1-18-19(16-31)14-20(28)15-26(18)29-10-12-30(13-11-29)27(32)33-17-25-23-8-4-2-6-21(23)22-7-3-5-9-24(22)25/h2-9,14-16,25H,10-13,17H2,1H3. The molecule has 5 rings (SSSR count). The topological polar surface area (TPSA) is 49.9 Å². The molecule has 0 saturated carbocycles. The molecule has 0 unspecified atom stereocenters. The smallest absolute Gasteiger partial charge is 0.409 e. The Labute approximate surface area is 207 Å². The van der Waals surface area contributed by atoms with Gasteiger partial charge in [0.05, 0.1) is 0 Å². The molecular formula is C27H25IN2O3. The summed E-state index contributed by atoms with van der Waals surface area (Å²) >= 11 is 2.24. The largest absolute Gasteiger partial charge is 0.448 e. The number of nitrogens with zero attached hydrogens (tertiary/aromatic N) is 2. The van der Waals surface area contributed by atoms with Gasteiger partial charge in [-0.05, 0) is 69.5 Å². The zero-order valence-corrected chi connectivity index (χ0v) is 20.6. The molecule has 5 nitrogen and oxygen atoms in total. The molecule has 1 aliphatic heterocycles. The molecule has 0 N–H and O–H groups in total. The van der Waals surface area contributed by atoms with Crippen molar-refractivity contribution >= 4 is 40.7 Å². The first-order valence-electron chi connectivity index (χ1n) is 11.2. The predicted molar refractivity (Wildman–Crippen MR) is 138 cm³/mol. The van der Waals surface area contributed by atoms with E-state index in [1.54, 1.807) is 4.90 Å². The van der Waals surface area contributed by atoms with Crippen molar-refractivity contribution in [3.8, 4) is 11.1 Å². The van der Waals surface area contributed by atoms with Crippen LogP contribution in [0, 0.1) is 10.5 Å². The molecule has 6 heteroatoms. The van der Waals surface area contributed by atoms with Gasteiger partial charge < -0.3 is 14.5 Å². The van der Waals surface area contributed by atoms with Gasteiger partial charge in [0.1, 0.15) is 12.9 Å². The molecule has 1 amide bonds. The molecule has 168 valence electrons. The Hall–Kier alpha value is -2.87. The van der Waals surface area contributed by atoms with Crippen molar-refractivity contribution in [2.24, 2.45) is 0 Å². The van der Waals surface area contributed by atoms with Crippen LogP contribution in [0.15, 0.2) is 60.7 Å². The van der Waals surface area contributed by atoms with E-state index in [9.17, 15) is 9.59 Å². The van der Waals surface area contributed by atoms with Gasteiger partial charge in [-0.15, -0.1) is 0 Å². The SMILES string of the molecule is Cc1c(C=O)cc(I)cc1N1CCN(C(=O)OCC2c3ccccc3-c3ccccc32)CC1. The maximum Gasteiger partial charge on any atom is 0.409 e. The lowest BCUT2D eigenvalue weighted by atomic mass is 9.98. The molecule has 1 aliphatic carbocycles. The van der Waals surface area contributed by atoms with Crippen molar-refractivity contribution < 1.29 is 14.3 Å². The third-order valence-electron chi connectivity index (χ3n) is 6.73. The molecule has 0 bridgehead atoms. The third kappa shape index (κ3) is 4.12. The first-order chi connectivity index (χ1) is 16.1. The van der Waals surface area contributed by atoms with Crippen molar-refractivity contribution in [2.75, 3.05) is 37.7 Å². The maximum atomic E-state index is 12.9. The highest BCUT2D eigenvalue weighted by Gasteiger charge is 2.30. The summed E-state index contributed by atoms with van der Waals surface area (Å²) in [5.41, 5.74) is 7.66. The minimum Gasteiger partial charge on any atom is -0.448 e. The summed E-state index contributed by atoms with van der Waals surface area (Å²) in [4.78, 5) is 28.3. The molecule has 2 aliphatic rings. The monoisotopic (exact) mass is 552 g/mol. The summed E-state index contributed by atoms with van der Waals surface area (Å²) in [7, 11) is 0. The summed E-state index contributed by atoms with van der Waals surface area (Å²) in [6.07, 6.45) is 0.651. The number of benzene rings is 3. The van der Waals surface area contributed by atoms with E-state index in [1.165, 1.54) is 22.3 Å². The molecule has 0 atom stereocenters. The van der Waals surface area contributed by atoms with Gasteiger partial charge in [0.2, 0.25) is 0 Å². The lowest BCUT2D eigenvalue weighted by Crippen LogP contribution is -2.49. The number of halogens is 1. The van der Waals surface area contributed by atoms with Gasteiger partial charge in [-0.2, -0.15) is 0 Å². The number of piperazine rings is 1. The number of aldehydes is 1. The van der Waals surface area contributed by atoms with E-state index in [4.69, 9.17) is 4.74 Å². The van der Waals surface area contributed by atoms with Crippen LogP contribution in [-0.2, 0) is 4.74 Å². The van der Waals surface area contributed by atoms with Crippen LogP contribution in [-0.4, -0.2) is 50.1 Å². The molecule has 33 heavy (non-hydrogen) atoms. The Kier molecular flexibility index (Phi) is 6.10. The van der Waals surface area contributed by atoms with Crippen LogP contribution in [0.5, 0.6) is 0 Å². The molecule has 3 aromatic rings. The van der Waals surface area contributed by atoms with E-state index >= 15 is 0 Å². The minimum atomic E-state index is -0.260. The van der Waals surface area contributed by atoms with Gasteiger partial charge >= 0.3 is 6.09 Å². The van der Waals surface area contributed by atoms with Crippen molar-refractivity contribution in [2.45, 2.75) is 12.8 Å². The van der Waals surface area contributed by atoms with Crippen molar-refractivity contribution in [3.63, 3.8) is 0 Å². The summed E-state index contributed by atoms with van der Waals surface area (Å²) in [6, 6.07) is 20.7. The van der Waals surface area contributed by atoms with Crippen molar-refractivity contribution in [3.05, 3.63) is 86.5 Å². The number of ether oxygens (including phenoxy) is 1. The third-order valence-corrected chi connectivity index (χ3v) is 7.35. The number of hydrogen-bond acceptors (Lipinski definition) is 4. The number of hydrogen-bond donors (Lipinski definition) is 0. The lowest BCUT2D eigenvalue weighted by molar-refractivity contribution is 0.0976. The van der Waals surface area contributed by atoms with Gasteiger partial charge in [0.25, 0.3) is 0 Å². The minimum absolute atomic E-state index is 0.0680. The number of amides is 1. The number of carbonyl (C=O) groups is 2. The highest BCUT2D eigenvalue weighted by atomic mass is 127. The molecule has 0 aromatic heterocycles. The molecular weight excluding hydrogens is 527 g/mol. The van der Waals surface area contributed by atoms with E-state index in [-0.39, 0.29) is 12.0 Å². The van der Waals surface area contributed by atoms with Crippen LogP contribution in [0.25, 0.3) is 11.1 Å². The summed E-state index contributed by atoms with van der Waals surface area (Å²) < 4.78 is 6.86. The summed E-state index contributed by atoms with van der Waals surface area (Å²) in [5, 5.41) is 0. The Balaban J connectivity index is 1.23. The average molecular weight is 552 g/mol. The zero-order chi connectivity index (χ0) is 22.9. The fourth-order valence-electron chi connectivity index (χ4n) is 4.95. The normalized spacial score (nSPS) is 15.2. The van der Waals surface area contributed by atoms with Crippen molar-refractivity contribution in [1.82, 2.24) is 4.90 Å². The highest BCUT2D eigenvalue weighted by Crippen LogP contribution is 2.44. The lowest BCUT2D eigenvalue weighted by Gasteiger charge is -2.36. The molecule has 1 saturated heterocycles. The number of fused-ring (bicyclic) bond motifs is 3. The zero-order valence-electron chi connectivity index (χ0n) is 18.5. The van der Waals surface area contributed by atoms with E-state index in [0.29, 0.717) is 32.8 Å². The number of anilines is 1. The van der Waals surface area contributed by atoms with E-state index in [1.807, 2.05) is 25.1 Å². The number of rotatable bonds is 4. The van der Waals surface area contributed by atoms with Crippen molar-refractivity contribution in [1.29, 1.82) is 0 Å². The van der Waals surface area contributed by atoms with E-state index < -0.39 is 0 Å². The van der Waals surface area contributed by atoms with Crippen LogP contribution in [0.2, 0.25) is 0 Å². The first kappa shape index (κ1) is 21.9. The van der Waals surface area contributed by atoms with Gasteiger partial charge in [0, 0.05) is 46.9 Å². The second-order valence-electron chi connectivity index (χ2n) is 8.54. The highest BCUT2D eigenvalue weighted by molar-refractivity contribution is 14.1. The van der Waals surface area contributed by atoms with Gasteiger partial charge in [-0.3, -0.25) is 4.79 Å². The Morgan fingerprint density at radius 1 is 1.00 bits per heavy atom. The number of carbonyl (C=O) groups excluding carboxylic acids is 2. The quantitative estimate of drug-likeness (QED) is 0.318. The Bertz CT molecular complexity index is 1170. The molecule has 0 radical (unpaired) electrons. The molecule has 1 fully saturated rings. The fourth-order valence-corrected chi connectivity index (χ4v) is 5.58. The van der Waals surface area contributed by atoms with E-state index in [0.717, 1.165) is 26.7 Å². The second-order valence-corrected chi connectivity index (χ2v) is 9.78. The molecule has 3 aromatic carbocycles. The van der Waals surface area contributed by atoms with E-state index in [2.05, 4.69) is 70.0 Å². The summed E-state index contributed by atoms with van der Waals surface area (Å²) in [5.74, 6) is 0.0680. The fraction of sp³-hybridized carbons (Fsp3) is 0.259. The predicted octanol–water partition coefficient (Wildman–Crippen LogP) is 5.48. The van der Waals surface area contributed by atoms with Gasteiger partial charge in [0.15, 0.2) is 0 Å². The molecule has 1 heterocycles. The van der Waals surface area contributed by atoms with Crippen LogP contribution in [0.3, 0.4) is 0 Å². The summed E-state index contributed by atoms with van der Waals surface area (Å²) in [6.45, 7) is 4.93.